The maximum absolute atomic E-state index is 12.5. The Morgan fingerprint density at radius 1 is 1.39 bits per heavy atom. The molecule has 0 saturated heterocycles. The fourth-order valence-electron chi connectivity index (χ4n) is 3.54. The van der Waals surface area contributed by atoms with Gasteiger partial charge in [0.05, 0.1) is 5.54 Å². The topological polar surface area (TPSA) is 43.1 Å². The number of ketones is 1. The summed E-state index contributed by atoms with van der Waals surface area (Å²) in [5, 5.41) is -0.436. The Bertz CT molecular complexity index is 590. The summed E-state index contributed by atoms with van der Waals surface area (Å²) >= 11 is 6.62. The van der Waals surface area contributed by atoms with Gasteiger partial charge in [0.1, 0.15) is 15.7 Å². The van der Waals surface area contributed by atoms with Crippen molar-refractivity contribution in [3.63, 3.8) is 0 Å². The van der Waals surface area contributed by atoms with Gasteiger partial charge in [-0.15, -0.1) is 5.47 Å². The minimum absolute atomic E-state index is 0.0237. The molecule has 18 heavy (non-hydrogen) atoms. The molecule has 1 aromatic rings. The fourth-order valence-corrected chi connectivity index (χ4v) is 3.98. The average molecular weight is 255 g/mol. The van der Waals surface area contributed by atoms with Crippen LogP contribution in [0.2, 0.25) is 5.21 Å². The number of fused-ring (bicyclic) bond motifs is 3. The standard InChI is InChI=1S/C12H13B3ClNO/c13-7-5-10(18)12(17)8-3-1-2-4-9(8)15(16)11(12,14)6-7/h1-5H,6,13-14,17H2. The van der Waals surface area contributed by atoms with Crippen LogP contribution in [-0.4, -0.2) is 27.6 Å². The molecule has 1 aromatic carbocycles. The number of nitrogens with two attached hydrogens (primary N) is 1. The van der Waals surface area contributed by atoms with Crippen LogP contribution in [-0.2, 0) is 10.3 Å². The Balaban J connectivity index is 2.32. The van der Waals surface area contributed by atoms with Gasteiger partial charge in [-0.1, -0.05) is 29.7 Å². The largest absolute Gasteiger partial charge is 0.316 e. The third-order valence-corrected chi connectivity index (χ3v) is 5.25. The van der Waals surface area contributed by atoms with Gasteiger partial charge < -0.3 is 5.73 Å². The Morgan fingerprint density at radius 3 is 2.78 bits per heavy atom. The number of halogens is 1. The number of carbonyl (C=O) groups excluding carboxylic acids is 1. The molecule has 0 fully saturated rings. The van der Waals surface area contributed by atoms with Crippen molar-refractivity contribution in [1.29, 1.82) is 0 Å². The smallest absolute Gasteiger partial charge is 0.284 e. The average Bonchev–Trinajstić information content (AvgIpc) is 2.50. The lowest BCUT2D eigenvalue weighted by Crippen LogP contribution is -2.56. The number of rotatable bonds is 0. The van der Waals surface area contributed by atoms with Gasteiger partial charge in [-0.3, -0.25) is 4.79 Å². The molecule has 1 aliphatic carbocycles. The van der Waals surface area contributed by atoms with Crippen molar-refractivity contribution in [2.45, 2.75) is 17.2 Å². The van der Waals surface area contributed by atoms with Gasteiger partial charge in [0.2, 0.25) is 0 Å². The number of carbonyl (C=O) groups is 1. The minimum atomic E-state index is -0.977. The zero-order valence-electron chi connectivity index (χ0n) is 10.5. The van der Waals surface area contributed by atoms with Crippen LogP contribution >= 0.6 is 11.5 Å². The van der Waals surface area contributed by atoms with Gasteiger partial charge in [0, 0.05) is 0 Å². The maximum atomic E-state index is 12.5. The van der Waals surface area contributed by atoms with Gasteiger partial charge >= 0.3 is 0 Å². The third-order valence-electron chi connectivity index (χ3n) is 4.53. The fraction of sp³-hybridized carbons (Fsp3) is 0.250. The predicted octanol–water partition coefficient (Wildman–Crippen LogP) is -0.888. The molecule has 1 heterocycles. The van der Waals surface area contributed by atoms with Crippen molar-refractivity contribution in [1.82, 2.24) is 0 Å². The van der Waals surface area contributed by atoms with Gasteiger partial charge in [0.25, 0.3) is 6.13 Å². The van der Waals surface area contributed by atoms with Crippen LogP contribution in [0, 0.1) is 0 Å². The van der Waals surface area contributed by atoms with E-state index in [4.69, 9.17) is 17.2 Å². The summed E-state index contributed by atoms with van der Waals surface area (Å²) in [5.41, 5.74) is 8.50. The number of hydrogen-bond donors (Lipinski definition) is 1. The van der Waals surface area contributed by atoms with E-state index in [0.29, 0.717) is 0 Å². The third kappa shape index (κ3) is 1.19. The number of hydrogen-bond acceptors (Lipinski definition) is 2. The monoisotopic (exact) mass is 255 g/mol. The molecule has 0 radical (unpaired) electrons. The van der Waals surface area contributed by atoms with Crippen LogP contribution < -0.4 is 11.2 Å². The lowest BCUT2D eigenvalue weighted by atomic mass is 9.33. The molecule has 2 atom stereocenters. The Morgan fingerprint density at radius 2 is 2.06 bits per heavy atom. The highest BCUT2D eigenvalue weighted by Crippen LogP contribution is 2.55. The summed E-state index contributed by atoms with van der Waals surface area (Å²) in [6.45, 7) is 0. The number of benzene rings is 1. The van der Waals surface area contributed by atoms with Crippen molar-refractivity contribution >= 4 is 44.5 Å². The molecule has 2 N–H and O–H groups in total. The summed E-state index contributed by atoms with van der Waals surface area (Å²) in [6, 6.07) is 7.78. The Labute approximate surface area is 114 Å². The first-order valence-corrected chi connectivity index (χ1v) is 6.59. The predicted molar refractivity (Wildman–Crippen MR) is 81.0 cm³/mol. The molecule has 3 rings (SSSR count). The molecule has 0 aromatic heterocycles. The van der Waals surface area contributed by atoms with E-state index in [-0.39, 0.29) is 11.9 Å². The van der Waals surface area contributed by atoms with E-state index in [9.17, 15) is 4.79 Å². The molecular weight excluding hydrogens is 242 g/mol. The van der Waals surface area contributed by atoms with Crippen molar-refractivity contribution in [2.24, 2.45) is 5.73 Å². The lowest BCUT2D eigenvalue weighted by molar-refractivity contribution is -0.120. The molecule has 0 amide bonds. The van der Waals surface area contributed by atoms with Crippen molar-refractivity contribution in [3.8, 4) is 0 Å². The van der Waals surface area contributed by atoms with E-state index < -0.39 is 10.8 Å². The van der Waals surface area contributed by atoms with E-state index >= 15 is 0 Å². The quantitative estimate of drug-likeness (QED) is 0.611. The second-order valence-electron chi connectivity index (χ2n) is 5.71. The molecule has 2 nitrogen and oxygen atoms in total. The molecular formula is C12H13B3ClNO. The first-order valence-electron chi connectivity index (χ1n) is 6.15. The van der Waals surface area contributed by atoms with E-state index in [1.807, 2.05) is 40.0 Å². The normalized spacial score (nSPS) is 34.0. The number of allylic oxidation sites excluding steroid dienone is 1. The van der Waals surface area contributed by atoms with Crippen molar-refractivity contribution < 1.29 is 4.79 Å². The van der Waals surface area contributed by atoms with Crippen molar-refractivity contribution in [3.05, 3.63) is 41.4 Å². The first-order chi connectivity index (χ1) is 8.41. The van der Waals surface area contributed by atoms with Crippen molar-refractivity contribution in [2.75, 3.05) is 0 Å². The van der Waals surface area contributed by atoms with Gasteiger partial charge in [0.15, 0.2) is 5.78 Å². The summed E-state index contributed by atoms with van der Waals surface area (Å²) in [7, 11) is 3.99. The molecule has 6 heteroatoms. The second-order valence-corrected chi connectivity index (χ2v) is 6.14. The van der Waals surface area contributed by atoms with Crippen LogP contribution in [0.15, 0.2) is 35.8 Å². The van der Waals surface area contributed by atoms with E-state index in [1.165, 1.54) is 0 Å². The highest BCUT2D eigenvalue weighted by molar-refractivity contribution is 7.19. The summed E-state index contributed by atoms with van der Waals surface area (Å²) in [6.07, 6.45) is 2.22. The summed E-state index contributed by atoms with van der Waals surface area (Å²) in [4.78, 5) is 12.5. The summed E-state index contributed by atoms with van der Waals surface area (Å²) in [5.74, 6) is -0.0237. The Kier molecular flexibility index (Phi) is 2.39. The SMILES string of the molecule is BC1=CC(=O)C2(N)c3ccccc3B(Cl)C2(B)C1. The lowest BCUT2D eigenvalue weighted by Gasteiger charge is -2.44. The minimum Gasteiger partial charge on any atom is -0.316 e. The molecule has 1 aliphatic heterocycles. The van der Waals surface area contributed by atoms with Crippen LogP contribution in [0.3, 0.4) is 0 Å². The molecule has 2 unspecified atom stereocenters. The molecule has 0 spiro atoms. The van der Waals surface area contributed by atoms with E-state index in [1.54, 1.807) is 6.08 Å². The molecule has 0 bridgehead atoms. The molecule has 0 saturated carbocycles. The zero-order valence-corrected chi connectivity index (χ0v) is 11.3. The molecule has 2 aliphatic rings. The van der Waals surface area contributed by atoms with E-state index in [2.05, 4.69) is 0 Å². The van der Waals surface area contributed by atoms with Gasteiger partial charge in [-0.2, -0.15) is 11.5 Å². The highest BCUT2D eigenvalue weighted by atomic mass is 35.5. The Hall–Kier alpha value is -0.925. The van der Waals surface area contributed by atoms with Crippen LogP contribution in [0.1, 0.15) is 12.0 Å². The van der Waals surface area contributed by atoms with Crippen LogP contribution in [0.25, 0.3) is 0 Å². The zero-order chi connectivity index (χ0) is 13.1. The maximum Gasteiger partial charge on any atom is 0.284 e. The first kappa shape index (κ1) is 12.1. The second kappa shape index (κ2) is 3.55. The van der Waals surface area contributed by atoms with E-state index in [0.717, 1.165) is 22.9 Å². The van der Waals surface area contributed by atoms with Gasteiger partial charge in [-0.25, -0.2) is 0 Å². The molecule has 88 valence electrons. The highest BCUT2D eigenvalue weighted by Gasteiger charge is 2.63. The van der Waals surface area contributed by atoms with Gasteiger partial charge in [-0.05, 0) is 23.3 Å². The van der Waals surface area contributed by atoms with Crippen LogP contribution in [0.4, 0.5) is 0 Å². The van der Waals surface area contributed by atoms with Crippen LogP contribution in [0.5, 0.6) is 0 Å². The summed E-state index contributed by atoms with van der Waals surface area (Å²) < 4.78 is 0.